The van der Waals surface area contributed by atoms with Gasteiger partial charge in [0.2, 0.25) is 0 Å². The SMILES string of the molecule is COC(=O)c1ccnc(-c2cc(C(C)=O)n3ccc(N4CCOCC4)cc23)c1. The van der Waals surface area contributed by atoms with Crippen LogP contribution in [0.5, 0.6) is 0 Å². The van der Waals surface area contributed by atoms with Gasteiger partial charge in [0.1, 0.15) is 0 Å². The van der Waals surface area contributed by atoms with Gasteiger partial charge in [-0.1, -0.05) is 0 Å². The Labute approximate surface area is 162 Å². The lowest BCUT2D eigenvalue weighted by molar-refractivity contribution is 0.0600. The van der Waals surface area contributed by atoms with Crippen LogP contribution in [0.3, 0.4) is 0 Å². The summed E-state index contributed by atoms with van der Waals surface area (Å²) < 4.78 is 12.1. The van der Waals surface area contributed by atoms with Crippen molar-refractivity contribution in [3.63, 3.8) is 0 Å². The molecule has 7 heteroatoms. The molecular weight excluding hydrogens is 358 g/mol. The fourth-order valence-corrected chi connectivity index (χ4v) is 3.50. The molecule has 1 fully saturated rings. The van der Waals surface area contributed by atoms with Crippen molar-refractivity contribution in [2.24, 2.45) is 0 Å². The minimum Gasteiger partial charge on any atom is -0.465 e. The third kappa shape index (κ3) is 3.25. The average Bonchev–Trinajstić information content (AvgIpc) is 3.13. The number of carbonyl (C=O) groups excluding carboxylic acids is 2. The second kappa shape index (κ2) is 7.44. The maximum atomic E-state index is 12.2. The van der Waals surface area contributed by atoms with E-state index in [4.69, 9.17) is 9.47 Å². The monoisotopic (exact) mass is 379 g/mol. The zero-order valence-corrected chi connectivity index (χ0v) is 15.8. The van der Waals surface area contributed by atoms with Gasteiger partial charge in [-0.3, -0.25) is 9.78 Å². The van der Waals surface area contributed by atoms with Crippen molar-refractivity contribution in [1.82, 2.24) is 9.38 Å². The van der Waals surface area contributed by atoms with Gasteiger partial charge < -0.3 is 18.8 Å². The summed E-state index contributed by atoms with van der Waals surface area (Å²) in [7, 11) is 1.35. The molecule has 3 aromatic heterocycles. The number of carbonyl (C=O) groups is 2. The summed E-state index contributed by atoms with van der Waals surface area (Å²) >= 11 is 0. The van der Waals surface area contributed by atoms with Crippen LogP contribution in [0.1, 0.15) is 27.8 Å². The molecule has 1 aliphatic rings. The Bertz CT molecular complexity index is 1050. The van der Waals surface area contributed by atoms with Crippen LogP contribution in [0, 0.1) is 0 Å². The smallest absolute Gasteiger partial charge is 0.337 e. The van der Waals surface area contributed by atoms with E-state index in [1.165, 1.54) is 7.11 Å². The lowest BCUT2D eigenvalue weighted by Gasteiger charge is -2.29. The van der Waals surface area contributed by atoms with E-state index in [1.807, 2.05) is 22.7 Å². The van der Waals surface area contributed by atoms with Crippen LogP contribution in [0.2, 0.25) is 0 Å². The fourth-order valence-electron chi connectivity index (χ4n) is 3.50. The predicted molar refractivity (Wildman–Crippen MR) is 105 cm³/mol. The molecule has 7 nitrogen and oxygen atoms in total. The highest BCUT2D eigenvalue weighted by molar-refractivity contribution is 5.99. The molecule has 4 heterocycles. The predicted octanol–water partition coefficient (Wildman–Crippen LogP) is 2.83. The first-order valence-corrected chi connectivity index (χ1v) is 9.12. The number of ether oxygens (including phenoxy) is 2. The van der Waals surface area contributed by atoms with Crippen molar-refractivity contribution >= 4 is 23.0 Å². The number of anilines is 1. The van der Waals surface area contributed by atoms with Crippen LogP contribution in [0.25, 0.3) is 16.8 Å². The van der Waals surface area contributed by atoms with Crippen molar-refractivity contribution in [2.45, 2.75) is 6.92 Å². The maximum Gasteiger partial charge on any atom is 0.337 e. The van der Waals surface area contributed by atoms with Crippen molar-refractivity contribution < 1.29 is 19.1 Å². The van der Waals surface area contributed by atoms with Gasteiger partial charge in [0.25, 0.3) is 0 Å². The number of fused-ring (bicyclic) bond motifs is 1. The van der Waals surface area contributed by atoms with Crippen LogP contribution in [-0.2, 0) is 9.47 Å². The Balaban J connectivity index is 1.87. The Morgan fingerprint density at radius 2 is 1.93 bits per heavy atom. The van der Waals surface area contributed by atoms with Gasteiger partial charge >= 0.3 is 5.97 Å². The average molecular weight is 379 g/mol. The lowest BCUT2D eigenvalue weighted by Crippen LogP contribution is -2.36. The summed E-state index contributed by atoms with van der Waals surface area (Å²) in [5, 5.41) is 0. The van der Waals surface area contributed by atoms with Gasteiger partial charge in [-0.15, -0.1) is 0 Å². The molecule has 28 heavy (non-hydrogen) atoms. The molecule has 0 radical (unpaired) electrons. The molecule has 0 saturated carbocycles. The van der Waals surface area contributed by atoms with Crippen molar-refractivity contribution in [1.29, 1.82) is 0 Å². The molecule has 0 unspecified atom stereocenters. The molecule has 3 aromatic rings. The Morgan fingerprint density at radius 1 is 1.14 bits per heavy atom. The summed E-state index contributed by atoms with van der Waals surface area (Å²) in [6.45, 7) is 4.57. The maximum absolute atomic E-state index is 12.2. The van der Waals surface area contributed by atoms with Crippen LogP contribution in [0.4, 0.5) is 5.69 Å². The van der Waals surface area contributed by atoms with Gasteiger partial charge in [-0.05, 0) is 30.3 Å². The van der Waals surface area contributed by atoms with Crippen molar-refractivity contribution in [3.05, 3.63) is 54.0 Å². The van der Waals surface area contributed by atoms with E-state index in [0.717, 1.165) is 29.9 Å². The van der Waals surface area contributed by atoms with E-state index >= 15 is 0 Å². The second-order valence-electron chi connectivity index (χ2n) is 6.66. The zero-order valence-electron chi connectivity index (χ0n) is 15.8. The van der Waals surface area contributed by atoms with Crippen LogP contribution < -0.4 is 4.90 Å². The molecule has 144 valence electrons. The quantitative estimate of drug-likeness (QED) is 0.513. The van der Waals surface area contributed by atoms with E-state index in [9.17, 15) is 9.59 Å². The largest absolute Gasteiger partial charge is 0.465 e. The van der Waals surface area contributed by atoms with E-state index < -0.39 is 5.97 Å². The van der Waals surface area contributed by atoms with Gasteiger partial charge in [0, 0.05) is 43.7 Å². The molecule has 0 spiro atoms. The van der Waals surface area contributed by atoms with Gasteiger partial charge in [-0.2, -0.15) is 0 Å². The number of methoxy groups -OCH3 is 1. The highest BCUT2D eigenvalue weighted by Gasteiger charge is 2.18. The van der Waals surface area contributed by atoms with Gasteiger partial charge in [0.05, 0.1) is 42.8 Å². The number of aromatic nitrogens is 2. The molecule has 0 bridgehead atoms. The van der Waals surface area contributed by atoms with E-state index in [0.29, 0.717) is 30.2 Å². The molecule has 0 amide bonds. The molecule has 0 aliphatic carbocycles. The molecular formula is C21H21N3O4. The number of morpholine rings is 1. The number of esters is 1. The summed E-state index contributed by atoms with van der Waals surface area (Å²) in [5.74, 6) is -0.461. The first kappa shape index (κ1) is 18.2. The van der Waals surface area contributed by atoms with Crippen molar-refractivity contribution in [2.75, 3.05) is 38.3 Å². The number of rotatable bonds is 4. The Kier molecular flexibility index (Phi) is 4.83. The highest BCUT2D eigenvalue weighted by atomic mass is 16.5. The number of hydrogen-bond donors (Lipinski definition) is 0. The van der Waals surface area contributed by atoms with Crippen LogP contribution in [-0.4, -0.2) is 54.6 Å². The van der Waals surface area contributed by atoms with Gasteiger partial charge in [0.15, 0.2) is 5.78 Å². The lowest BCUT2D eigenvalue weighted by atomic mass is 10.1. The number of ketones is 1. The molecule has 4 rings (SSSR count). The third-order valence-electron chi connectivity index (χ3n) is 4.95. The number of pyridine rings is 2. The minimum atomic E-state index is -0.423. The Hall–Kier alpha value is -3.19. The molecule has 0 atom stereocenters. The normalized spacial score (nSPS) is 14.3. The van der Waals surface area contributed by atoms with Crippen LogP contribution >= 0.6 is 0 Å². The summed E-state index contributed by atoms with van der Waals surface area (Å²) in [6, 6.07) is 9.18. The number of hydrogen-bond acceptors (Lipinski definition) is 6. The summed E-state index contributed by atoms with van der Waals surface area (Å²) in [6.07, 6.45) is 3.48. The molecule has 0 N–H and O–H groups in total. The van der Waals surface area contributed by atoms with E-state index in [1.54, 1.807) is 25.3 Å². The highest BCUT2D eigenvalue weighted by Crippen LogP contribution is 2.31. The first-order valence-electron chi connectivity index (χ1n) is 9.12. The standard InChI is InChI=1S/C21H21N3O4/c1-14(25)19-13-17(18-11-15(3-5-22-18)21(26)27-2)20-12-16(4-6-24(19)20)23-7-9-28-10-8-23/h3-6,11-13H,7-10H2,1-2H3. The van der Waals surface area contributed by atoms with E-state index in [-0.39, 0.29) is 5.78 Å². The molecule has 0 aromatic carbocycles. The minimum absolute atomic E-state index is 0.0375. The number of nitrogens with zero attached hydrogens (tertiary/aromatic N) is 3. The first-order chi connectivity index (χ1) is 13.6. The topological polar surface area (TPSA) is 73.1 Å². The fraction of sp³-hybridized carbons (Fsp3) is 0.286. The zero-order chi connectivity index (χ0) is 19.7. The molecule has 1 saturated heterocycles. The third-order valence-corrected chi connectivity index (χ3v) is 4.95. The van der Waals surface area contributed by atoms with Crippen molar-refractivity contribution in [3.8, 4) is 11.3 Å². The van der Waals surface area contributed by atoms with Crippen LogP contribution in [0.15, 0.2) is 42.7 Å². The van der Waals surface area contributed by atoms with E-state index in [2.05, 4.69) is 16.0 Å². The van der Waals surface area contributed by atoms with Gasteiger partial charge in [-0.25, -0.2) is 4.79 Å². The number of Topliss-reactive ketones (excluding diaryl/α,β-unsaturated/α-hetero) is 1. The Morgan fingerprint density at radius 3 is 2.64 bits per heavy atom. The summed E-state index contributed by atoms with van der Waals surface area (Å²) in [5.41, 5.74) is 4.33. The summed E-state index contributed by atoms with van der Waals surface area (Å²) in [4.78, 5) is 30.8. The second-order valence-corrected chi connectivity index (χ2v) is 6.66. The molecule has 1 aliphatic heterocycles.